The van der Waals surface area contributed by atoms with Gasteiger partial charge in [-0.3, -0.25) is 9.69 Å². The highest BCUT2D eigenvalue weighted by molar-refractivity contribution is 5.85. The molecule has 1 atom stereocenters. The van der Waals surface area contributed by atoms with Crippen LogP contribution < -0.4 is 5.56 Å². The molecule has 0 radical (unpaired) electrons. The second-order valence-electron chi connectivity index (χ2n) is 8.59. The Morgan fingerprint density at radius 1 is 1.06 bits per heavy atom. The summed E-state index contributed by atoms with van der Waals surface area (Å²) in [6.07, 6.45) is 0.807. The van der Waals surface area contributed by atoms with Crippen LogP contribution in [0.1, 0.15) is 34.1 Å². The van der Waals surface area contributed by atoms with Gasteiger partial charge in [-0.1, -0.05) is 42.5 Å². The van der Waals surface area contributed by atoms with Gasteiger partial charge in [0.1, 0.15) is 6.04 Å². The summed E-state index contributed by atoms with van der Waals surface area (Å²) in [6, 6.07) is 16.1. The van der Waals surface area contributed by atoms with E-state index in [1.54, 1.807) is 0 Å². The third-order valence-electron chi connectivity index (χ3n) is 6.44. The Balaban J connectivity index is 1.59. The van der Waals surface area contributed by atoms with Crippen molar-refractivity contribution in [2.24, 2.45) is 0 Å². The number of morpholine rings is 1. The summed E-state index contributed by atoms with van der Waals surface area (Å²) < 4.78 is 7.42. The minimum absolute atomic E-state index is 0.106. The minimum atomic E-state index is -0.354. The number of hydrogen-bond donors (Lipinski definition) is 1. The average molecular weight is 445 g/mol. The Hall–Kier alpha value is -3.36. The summed E-state index contributed by atoms with van der Waals surface area (Å²) in [4.78, 5) is 18.8. The number of H-pyrrole nitrogens is 1. The van der Waals surface area contributed by atoms with Gasteiger partial charge in [0.25, 0.3) is 5.56 Å². The summed E-state index contributed by atoms with van der Waals surface area (Å²) >= 11 is 0. The maximum absolute atomic E-state index is 13.4. The molecule has 1 saturated heterocycles. The lowest BCUT2D eigenvalue weighted by molar-refractivity contribution is 0.0214. The molecule has 8 nitrogen and oxygen atoms in total. The Labute approximate surface area is 192 Å². The number of pyridine rings is 1. The molecule has 1 N–H and O–H groups in total. The van der Waals surface area contributed by atoms with Crippen LogP contribution in [0.5, 0.6) is 0 Å². The molecule has 1 aliphatic rings. The highest BCUT2D eigenvalue weighted by Gasteiger charge is 2.31. The zero-order valence-electron chi connectivity index (χ0n) is 19.0. The van der Waals surface area contributed by atoms with Gasteiger partial charge in [-0.25, -0.2) is 4.68 Å². The van der Waals surface area contributed by atoms with E-state index in [1.807, 2.05) is 41.9 Å². The molecule has 0 spiro atoms. The lowest BCUT2D eigenvalue weighted by Gasteiger charge is -2.33. The van der Waals surface area contributed by atoms with E-state index >= 15 is 0 Å². The highest BCUT2D eigenvalue weighted by atomic mass is 16.5. The van der Waals surface area contributed by atoms with E-state index in [9.17, 15) is 4.79 Å². The molecule has 2 aromatic carbocycles. The number of aryl methyl sites for hydroxylation is 4. The van der Waals surface area contributed by atoms with Gasteiger partial charge < -0.3 is 9.72 Å². The molecule has 0 aliphatic carbocycles. The summed E-state index contributed by atoms with van der Waals surface area (Å²) in [6.45, 7) is 7.37. The van der Waals surface area contributed by atoms with Gasteiger partial charge in [0.2, 0.25) is 0 Å². The van der Waals surface area contributed by atoms with Crippen molar-refractivity contribution >= 4 is 10.9 Å². The van der Waals surface area contributed by atoms with Crippen LogP contribution in [-0.4, -0.2) is 56.4 Å². The molecule has 0 bridgehead atoms. The SMILES string of the molecule is Cc1ccc(C)c2[nH]c(=O)c([C@H](c3nnnn3CCc3ccccc3)N3CCOCC3)cc12. The lowest BCUT2D eigenvalue weighted by atomic mass is 9.99. The van der Waals surface area contributed by atoms with Gasteiger partial charge >= 0.3 is 0 Å². The molecule has 4 aromatic rings. The zero-order valence-corrected chi connectivity index (χ0v) is 19.0. The van der Waals surface area contributed by atoms with Gasteiger partial charge in [0.05, 0.1) is 18.7 Å². The highest BCUT2D eigenvalue weighted by Crippen LogP contribution is 2.29. The van der Waals surface area contributed by atoms with Crippen molar-refractivity contribution in [2.75, 3.05) is 26.3 Å². The van der Waals surface area contributed by atoms with Crippen LogP contribution in [-0.2, 0) is 17.7 Å². The molecular formula is C25H28N6O2. The first-order chi connectivity index (χ1) is 16.1. The number of nitrogens with zero attached hydrogens (tertiary/aromatic N) is 5. The molecule has 33 heavy (non-hydrogen) atoms. The molecule has 0 unspecified atom stereocenters. The molecule has 170 valence electrons. The second-order valence-corrected chi connectivity index (χ2v) is 8.59. The van der Waals surface area contributed by atoms with Crippen LogP contribution in [0.15, 0.2) is 53.3 Å². The van der Waals surface area contributed by atoms with Crippen LogP contribution in [0.2, 0.25) is 0 Å². The average Bonchev–Trinajstić information content (AvgIpc) is 3.30. The number of benzene rings is 2. The van der Waals surface area contributed by atoms with E-state index in [0.717, 1.165) is 28.5 Å². The van der Waals surface area contributed by atoms with Gasteiger partial charge in [-0.15, -0.1) is 5.10 Å². The van der Waals surface area contributed by atoms with E-state index in [0.29, 0.717) is 44.2 Å². The zero-order chi connectivity index (χ0) is 22.8. The van der Waals surface area contributed by atoms with Crippen molar-refractivity contribution in [3.63, 3.8) is 0 Å². The van der Waals surface area contributed by atoms with E-state index in [2.05, 4.69) is 50.5 Å². The van der Waals surface area contributed by atoms with Crippen molar-refractivity contribution in [3.8, 4) is 0 Å². The number of rotatable bonds is 6. The predicted molar refractivity (Wildman–Crippen MR) is 126 cm³/mol. The third kappa shape index (κ3) is 4.31. The van der Waals surface area contributed by atoms with Crippen LogP contribution >= 0.6 is 0 Å². The maximum atomic E-state index is 13.4. The predicted octanol–water partition coefficient (Wildman–Crippen LogP) is 2.80. The Morgan fingerprint density at radius 2 is 1.82 bits per heavy atom. The quantitative estimate of drug-likeness (QED) is 0.492. The number of tetrazole rings is 1. The van der Waals surface area contributed by atoms with Gasteiger partial charge in [0.15, 0.2) is 5.82 Å². The number of fused-ring (bicyclic) bond motifs is 1. The van der Waals surface area contributed by atoms with Crippen LogP contribution in [0.3, 0.4) is 0 Å². The van der Waals surface area contributed by atoms with E-state index < -0.39 is 0 Å². The standard InChI is InChI=1S/C25H28N6O2/c1-17-8-9-18(2)22-20(17)16-21(25(32)26-22)23(30-12-14-33-15-13-30)24-27-28-29-31(24)11-10-19-6-4-3-5-7-19/h3-9,16,23H,10-15H2,1-2H3,(H,26,32)/t23-/m1/s1. The number of ether oxygens (including phenoxy) is 1. The molecule has 2 aromatic heterocycles. The first-order valence-electron chi connectivity index (χ1n) is 11.4. The van der Waals surface area contributed by atoms with Gasteiger partial charge in [0, 0.05) is 30.6 Å². The van der Waals surface area contributed by atoms with Crippen molar-refractivity contribution in [2.45, 2.75) is 32.9 Å². The lowest BCUT2D eigenvalue weighted by Crippen LogP contribution is -2.42. The molecule has 3 heterocycles. The fourth-order valence-electron chi connectivity index (χ4n) is 4.58. The van der Waals surface area contributed by atoms with Crippen LogP contribution in [0.25, 0.3) is 10.9 Å². The van der Waals surface area contributed by atoms with Crippen molar-refractivity contribution < 1.29 is 4.74 Å². The number of aromatic nitrogens is 5. The normalized spacial score (nSPS) is 15.7. The topological polar surface area (TPSA) is 88.9 Å². The molecule has 8 heteroatoms. The fourth-order valence-corrected chi connectivity index (χ4v) is 4.58. The summed E-state index contributed by atoms with van der Waals surface area (Å²) in [7, 11) is 0. The van der Waals surface area contributed by atoms with E-state index in [1.165, 1.54) is 5.56 Å². The van der Waals surface area contributed by atoms with Crippen LogP contribution in [0.4, 0.5) is 0 Å². The van der Waals surface area contributed by atoms with E-state index in [-0.39, 0.29) is 11.6 Å². The summed E-state index contributed by atoms with van der Waals surface area (Å²) in [5.41, 5.74) is 4.83. The smallest absolute Gasteiger partial charge is 0.253 e. The molecule has 1 fully saturated rings. The molecular weight excluding hydrogens is 416 g/mol. The van der Waals surface area contributed by atoms with Gasteiger partial charge in [-0.05, 0) is 53.5 Å². The molecule has 1 aliphatic heterocycles. The Morgan fingerprint density at radius 3 is 2.61 bits per heavy atom. The number of aromatic amines is 1. The Kier molecular flexibility index (Phi) is 6.02. The molecule has 0 saturated carbocycles. The summed E-state index contributed by atoms with van der Waals surface area (Å²) in [5.74, 6) is 0.683. The van der Waals surface area contributed by atoms with Crippen LogP contribution in [0, 0.1) is 13.8 Å². The van der Waals surface area contributed by atoms with Crippen molar-refractivity contribution in [1.29, 1.82) is 0 Å². The second kappa shape index (κ2) is 9.25. The van der Waals surface area contributed by atoms with Crippen molar-refractivity contribution in [1.82, 2.24) is 30.1 Å². The largest absolute Gasteiger partial charge is 0.379 e. The van der Waals surface area contributed by atoms with Gasteiger partial charge in [-0.2, -0.15) is 0 Å². The van der Waals surface area contributed by atoms with Crippen molar-refractivity contribution in [3.05, 3.63) is 87.0 Å². The third-order valence-corrected chi connectivity index (χ3v) is 6.44. The van der Waals surface area contributed by atoms with E-state index in [4.69, 9.17) is 4.74 Å². The fraction of sp³-hybridized carbons (Fsp3) is 0.360. The summed E-state index contributed by atoms with van der Waals surface area (Å²) in [5, 5.41) is 13.7. The molecule has 0 amide bonds. The monoisotopic (exact) mass is 444 g/mol. The number of nitrogens with one attached hydrogen (secondary N) is 1. The minimum Gasteiger partial charge on any atom is -0.379 e. The first-order valence-corrected chi connectivity index (χ1v) is 11.4. The maximum Gasteiger partial charge on any atom is 0.253 e. The Bertz CT molecular complexity index is 1310. The molecule has 5 rings (SSSR count). The number of hydrogen-bond acceptors (Lipinski definition) is 6. The first kappa shape index (κ1) is 21.5.